The molecule has 6 heteroatoms. The van der Waals surface area contributed by atoms with Crippen molar-refractivity contribution in [1.82, 2.24) is 9.55 Å². The molecule has 0 amide bonds. The van der Waals surface area contributed by atoms with E-state index >= 15 is 0 Å². The van der Waals surface area contributed by atoms with Crippen molar-refractivity contribution in [3.63, 3.8) is 0 Å². The van der Waals surface area contributed by atoms with Gasteiger partial charge < -0.3 is 0 Å². The average Bonchev–Trinajstić information content (AvgIpc) is 2.91. The number of aryl methyl sites for hydroxylation is 2. The highest BCUT2D eigenvalue weighted by atomic mass is 79.9. The lowest BCUT2D eigenvalue weighted by Gasteiger charge is -2.11. The van der Waals surface area contributed by atoms with Crippen LogP contribution in [-0.4, -0.2) is 9.55 Å². The molecule has 2 aromatic heterocycles. The highest BCUT2D eigenvalue weighted by Crippen LogP contribution is 2.33. The minimum absolute atomic E-state index is 0.0586. The summed E-state index contributed by atoms with van der Waals surface area (Å²) in [6.07, 6.45) is 5.82. The number of hydrogen-bond acceptors (Lipinski definition) is 3. The second-order valence-corrected chi connectivity index (χ2v) is 7.80. The van der Waals surface area contributed by atoms with Gasteiger partial charge in [-0.15, -0.1) is 11.3 Å². The molecule has 0 N–H and O–H groups in total. The fourth-order valence-electron chi connectivity index (χ4n) is 3.13. The number of rotatable bonds is 2. The van der Waals surface area contributed by atoms with E-state index in [1.54, 1.807) is 23.5 Å². The van der Waals surface area contributed by atoms with Gasteiger partial charge >= 0.3 is 0 Å². The minimum atomic E-state index is -0.321. The molecule has 0 unspecified atom stereocenters. The van der Waals surface area contributed by atoms with E-state index in [1.807, 2.05) is 0 Å². The van der Waals surface area contributed by atoms with Crippen LogP contribution in [0.15, 0.2) is 33.8 Å². The molecule has 0 fully saturated rings. The van der Waals surface area contributed by atoms with E-state index in [0.717, 1.165) is 29.5 Å². The van der Waals surface area contributed by atoms with Crippen LogP contribution < -0.4 is 5.56 Å². The lowest BCUT2D eigenvalue weighted by atomic mass is 9.97. The Labute approximate surface area is 144 Å². The molecule has 4 rings (SSSR count). The SMILES string of the molecule is O=c1c2c3c(sc2ncn1Cc1ccc(Br)cc1F)CCCC3. The molecule has 118 valence electrons. The number of nitrogens with zero attached hydrogens (tertiary/aromatic N) is 2. The van der Waals surface area contributed by atoms with Gasteiger partial charge in [0.25, 0.3) is 5.56 Å². The van der Waals surface area contributed by atoms with E-state index in [0.29, 0.717) is 10.0 Å². The molecule has 23 heavy (non-hydrogen) atoms. The third-order valence-electron chi connectivity index (χ3n) is 4.30. The van der Waals surface area contributed by atoms with Gasteiger partial charge in [0.15, 0.2) is 0 Å². The number of halogens is 2. The van der Waals surface area contributed by atoms with Crippen LogP contribution in [-0.2, 0) is 19.4 Å². The van der Waals surface area contributed by atoms with E-state index < -0.39 is 0 Å². The smallest absolute Gasteiger partial charge is 0.262 e. The second kappa shape index (κ2) is 5.83. The summed E-state index contributed by atoms with van der Waals surface area (Å²) >= 11 is 4.87. The molecule has 3 aromatic rings. The Balaban J connectivity index is 1.82. The van der Waals surface area contributed by atoms with Gasteiger partial charge in [0.05, 0.1) is 18.3 Å². The molecular formula is C17H14BrFN2OS. The topological polar surface area (TPSA) is 34.9 Å². The average molecular weight is 393 g/mol. The van der Waals surface area contributed by atoms with Crippen LogP contribution in [0.1, 0.15) is 28.8 Å². The van der Waals surface area contributed by atoms with Gasteiger partial charge in [0.2, 0.25) is 0 Å². The predicted molar refractivity (Wildman–Crippen MR) is 93.7 cm³/mol. The van der Waals surface area contributed by atoms with Crippen LogP contribution in [0.5, 0.6) is 0 Å². The molecule has 1 aromatic carbocycles. The minimum Gasteiger partial charge on any atom is -0.294 e. The van der Waals surface area contributed by atoms with Crippen LogP contribution in [0.25, 0.3) is 10.2 Å². The van der Waals surface area contributed by atoms with Crippen molar-refractivity contribution in [3.05, 3.63) is 61.2 Å². The summed E-state index contributed by atoms with van der Waals surface area (Å²) in [6.45, 7) is 0.200. The van der Waals surface area contributed by atoms with Gasteiger partial charge in [-0.3, -0.25) is 9.36 Å². The fraction of sp³-hybridized carbons (Fsp3) is 0.294. The van der Waals surface area contributed by atoms with Gasteiger partial charge in [0.1, 0.15) is 10.6 Å². The van der Waals surface area contributed by atoms with E-state index in [1.165, 1.54) is 33.8 Å². The molecule has 2 heterocycles. The number of thiophene rings is 1. The van der Waals surface area contributed by atoms with Gasteiger partial charge in [-0.25, -0.2) is 9.37 Å². The van der Waals surface area contributed by atoms with Crippen LogP contribution >= 0.6 is 27.3 Å². The maximum absolute atomic E-state index is 14.0. The lowest BCUT2D eigenvalue weighted by molar-refractivity contribution is 0.594. The zero-order valence-corrected chi connectivity index (χ0v) is 14.7. The van der Waals surface area contributed by atoms with E-state index in [4.69, 9.17) is 0 Å². The summed E-state index contributed by atoms with van der Waals surface area (Å²) in [6, 6.07) is 4.89. The first-order chi connectivity index (χ1) is 11.1. The van der Waals surface area contributed by atoms with E-state index in [-0.39, 0.29) is 17.9 Å². The van der Waals surface area contributed by atoms with Gasteiger partial charge in [-0.05, 0) is 43.4 Å². The Morgan fingerprint density at radius 1 is 1.30 bits per heavy atom. The maximum Gasteiger partial charge on any atom is 0.262 e. The summed E-state index contributed by atoms with van der Waals surface area (Å²) in [5.74, 6) is -0.321. The Kier molecular flexibility index (Phi) is 3.81. The third kappa shape index (κ3) is 2.64. The van der Waals surface area contributed by atoms with Gasteiger partial charge in [-0.2, -0.15) is 0 Å². The highest BCUT2D eigenvalue weighted by molar-refractivity contribution is 9.10. The van der Waals surface area contributed by atoms with Crippen molar-refractivity contribution in [1.29, 1.82) is 0 Å². The maximum atomic E-state index is 14.0. The Morgan fingerprint density at radius 3 is 2.96 bits per heavy atom. The zero-order valence-electron chi connectivity index (χ0n) is 12.3. The molecule has 0 atom stereocenters. The first-order valence-corrected chi connectivity index (χ1v) is 9.18. The fourth-order valence-corrected chi connectivity index (χ4v) is 4.68. The van der Waals surface area contributed by atoms with Gasteiger partial charge in [-0.1, -0.05) is 22.0 Å². The second-order valence-electron chi connectivity index (χ2n) is 5.80. The number of hydrogen-bond donors (Lipinski definition) is 0. The van der Waals surface area contributed by atoms with Crippen LogP contribution in [0.2, 0.25) is 0 Å². The molecule has 1 aliphatic rings. The van der Waals surface area contributed by atoms with Crippen molar-refractivity contribution in [2.24, 2.45) is 0 Å². The largest absolute Gasteiger partial charge is 0.294 e. The molecule has 0 saturated heterocycles. The predicted octanol–water partition coefficient (Wildman–Crippen LogP) is 4.29. The summed E-state index contributed by atoms with van der Waals surface area (Å²) < 4.78 is 16.2. The quantitative estimate of drug-likeness (QED) is 0.651. The Bertz CT molecular complexity index is 963. The number of aromatic nitrogens is 2. The van der Waals surface area contributed by atoms with Crippen molar-refractivity contribution in [3.8, 4) is 0 Å². The summed E-state index contributed by atoms with van der Waals surface area (Å²) in [7, 11) is 0. The molecule has 1 aliphatic carbocycles. The Hall–Kier alpha value is -1.53. The van der Waals surface area contributed by atoms with E-state index in [2.05, 4.69) is 20.9 Å². The summed E-state index contributed by atoms with van der Waals surface area (Å²) in [5.41, 5.74) is 1.59. The number of fused-ring (bicyclic) bond motifs is 3. The molecule has 3 nitrogen and oxygen atoms in total. The van der Waals surface area contributed by atoms with Crippen LogP contribution in [0, 0.1) is 5.82 Å². The van der Waals surface area contributed by atoms with Crippen LogP contribution in [0.3, 0.4) is 0 Å². The first-order valence-electron chi connectivity index (χ1n) is 7.57. The Morgan fingerprint density at radius 2 is 2.13 bits per heavy atom. The molecule has 0 spiro atoms. The van der Waals surface area contributed by atoms with Crippen molar-refractivity contribution in [2.75, 3.05) is 0 Å². The van der Waals surface area contributed by atoms with Crippen molar-refractivity contribution < 1.29 is 4.39 Å². The number of benzene rings is 1. The summed E-state index contributed by atoms with van der Waals surface area (Å²) in [4.78, 5) is 19.4. The monoisotopic (exact) mass is 392 g/mol. The third-order valence-corrected chi connectivity index (χ3v) is 5.99. The normalized spacial score (nSPS) is 14.2. The van der Waals surface area contributed by atoms with Crippen molar-refractivity contribution >= 4 is 37.5 Å². The van der Waals surface area contributed by atoms with Gasteiger partial charge in [0, 0.05) is 14.9 Å². The zero-order chi connectivity index (χ0) is 16.0. The summed E-state index contributed by atoms with van der Waals surface area (Å²) in [5, 5.41) is 0.740. The van der Waals surface area contributed by atoms with Crippen molar-refractivity contribution in [2.45, 2.75) is 32.2 Å². The lowest BCUT2D eigenvalue weighted by Crippen LogP contribution is -2.22. The highest BCUT2D eigenvalue weighted by Gasteiger charge is 2.20. The standard InChI is InChI=1S/C17H14BrFN2OS/c18-11-6-5-10(13(19)7-11)8-21-9-20-16-15(17(21)22)12-3-1-2-4-14(12)23-16/h5-7,9H,1-4,8H2. The molecule has 0 saturated carbocycles. The molecule has 0 radical (unpaired) electrons. The molecular weight excluding hydrogens is 379 g/mol. The van der Waals surface area contributed by atoms with Crippen LogP contribution in [0.4, 0.5) is 4.39 Å². The molecule has 0 bridgehead atoms. The van der Waals surface area contributed by atoms with E-state index in [9.17, 15) is 9.18 Å². The first kappa shape index (κ1) is 15.0. The molecule has 0 aliphatic heterocycles.